The van der Waals surface area contributed by atoms with E-state index in [2.05, 4.69) is 10.1 Å². The molecule has 0 aliphatic carbocycles. The monoisotopic (exact) mass is 217 g/mol. The van der Waals surface area contributed by atoms with Crippen molar-refractivity contribution in [3.63, 3.8) is 0 Å². The van der Waals surface area contributed by atoms with Crippen molar-refractivity contribution in [2.75, 3.05) is 0 Å². The van der Waals surface area contributed by atoms with E-state index in [0.29, 0.717) is 11.7 Å². The molecule has 1 heterocycles. The predicted molar refractivity (Wildman–Crippen MR) is 60.9 cm³/mol. The quantitative estimate of drug-likeness (QED) is 0.856. The summed E-state index contributed by atoms with van der Waals surface area (Å²) in [5, 5.41) is 3.90. The average Bonchev–Trinajstić information content (AvgIpc) is 2.78. The third-order valence-corrected chi connectivity index (χ3v) is 2.40. The zero-order chi connectivity index (χ0) is 11.5. The molecule has 0 spiro atoms. The van der Waals surface area contributed by atoms with Crippen molar-refractivity contribution in [2.45, 2.75) is 25.8 Å². The van der Waals surface area contributed by atoms with Gasteiger partial charge in [-0.15, -0.1) is 0 Å². The van der Waals surface area contributed by atoms with Crippen LogP contribution in [0, 0.1) is 0 Å². The lowest BCUT2D eigenvalue weighted by atomic mass is 10.1. The van der Waals surface area contributed by atoms with E-state index in [1.807, 2.05) is 44.2 Å². The standard InChI is InChI=1S/C12H15N3O/c1-8(2)11-14-12(16-15-11)10(13)9-6-4-3-5-7-9/h3-8,10H,13H2,1-2H3. The largest absolute Gasteiger partial charge is 0.337 e. The van der Waals surface area contributed by atoms with Crippen LogP contribution in [0.15, 0.2) is 34.9 Å². The van der Waals surface area contributed by atoms with Gasteiger partial charge in [0.25, 0.3) is 0 Å². The summed E-state index contributed by atoms with van der Waals surface area (Å²) < 4.78 is 5.16. The zero-order valence-electron chi connectivity index (χ0n) is 9.42. The Morgan fingerprint density at radius 3 is 2.44 bits per heavy atom. The third-order valence-electron chi connectivity index (χ3n) is 2.40. The van der Waals surface area contributed by atoms with Gasteiger partial charge in [0.1, 0.15) is 6.04 Å². The van der Waals surface area contributed by atoms with Gasteiger partial charge in [0.2, 0.25) is 5.89 Å². The Labute approximate surface area is 94.5 Å². The number of rotatable bonds is 3. The van der Waals surface area contributed by atoms with E-state index in [9.17, 15) is 0 Å². The third kappa shape index (κ3) is 2.12. The summed E-state index contributed by atoms with van der Waals surface area (Å²) in [5.41, 5.74) is 7.01. The van der Waals surface area contributed by atoms with Crippen LogP contribution in [0.1, 0.15) is 43.1 Å². The van der Waals surface area contributed by atoms with Gasteiger partial charge in [-0.25, -0.2) is 0 Å². The van der Waals surface area contributed by atoms with Gasteiger partial charge in [-0.3, -0.25) is 0 Å². The fraction of sp³-hybridized carbons (Fsp3) is 0.333. The molecule has 0 saturated carbocycles. The fourth-order valence-corrected chi connectivity index (χ4v) is 1.41. The van der Waals surface area contributed by atoms with Crippen LogP contribution < -0.4 is 5.73 Å². The summed E-state index contributed by atoms with van der Waals surface area (Å²) in [5.74, 6) is 1.41. The average molecular weight is 217 g/mol. The number of aromatic nitrogens is 2. The normalized spacial score (nSPS) is 13.0. The molecule has 0 amide bonds. The van der Waals surface area contributed by atoms with Gasteiger partial charge in [-0.2, -0.15) is 4.98 Å². The van der Waals surface area contributed by atoms with Crippen LogP contribution in [0.2, 0.25) is 0 Å². The van der Waals surface area contributed by atoms with Crippen LogP contribution in [0.25, 0.3) is 0 Å². The van der Waals surface area contributed by atoms with E-state index in [1.54, 1.807) is 0 Å². The van der Waals surface area contributed by atoms with Crippen LogP contribution in [-0.2, 0) is 0 Å². The smallest absolute Gasteiger partial charge is 0.248 e. The molecule has 4 nitrogen and oxygen atoms in total. The van der Waals surface area contributed by atoms with E-state index in [1.165, 1.54) is 0 Å². The highest BCUT2D eigenvalue weighted by Crippen LogP contribution is 2.19. The molecule has 0 fully saturated rings. The van der Waals surface area contributed by atoms with Crippen molar-refractivity contribution in [1.29, 1.82) is 0 Å². The molecule has 1 aromatic carbocycles. The van der Waals surface area contributed by atoms with Crippen LogP contribution in [0.3, 0.4) is 0 Å². The second-order valence-corrected chi connectivity index (χ2v) is 4.03. The van der Waals surface area contributed by atoms with Gasteiger partial charge in [0.15, 0.2) is 5.82 Å². The van der Waals surface area contributed by atoms with Crippen LogP contribution >= 0.6 is 0 Å². The van der Waals surface area contributed by atoms with Crippen molar-refractivity contribution < 1.29 is 4.52 Å². The maximum absolute atomic E-state index is 6.03. The lowest BCUT2D eigenvalue weighted by Crippen LogP contribution is -2.12. The molecule has 2 aromatic rings. The van der Waals surface area contributed by atoms with E-state index in [0.717, 1.165) is 5.56 Å². The minimum absolute atomic E-state index is 0.250. The molecule has 1 aromatic heterocycles. The first-order valence-electron chi connectivity index (χ1n) is 5.32. The van der Waals surface area contributed by atoms with Crippen molar-refractivity contribution in [1.82, 2.24) is 10.1 Å². The fourth-order valence-electron chi connectivity index (χ4n) is 1.41. The Bertz CT molecular complexity index is 450. The van der Waals surface area contributed by atoms with E-state index < -0.39 is 0 Å². The summed E-state index contributed by atoms with van der Waals surface area (Å²) in [6.07, 6.45) is 0. The van der Waals surface area contributed by atoms with Crippen molar-refractivity contribution >= 4 is 0 Å². The van der Waals surface area contributed by atoms with Crippen molar-refractivity contribution in [3.05, 3.63) is 47.6 Å². The minimum Gasteiger partial charge on any atom is -0.337 e. The summed E-state index contributed by atoms with van der Waals surface area (Å²) in [6, 6.07) is 9.38. The van der Waals surface area contributed by atoms with Crippen molar-refractivity contribution in [2.24, 2.45) is 5.73 Å². The number of benzene rings is 1. The number of hydrogen-bond donors (Lipinski definition) is 1. The second kappa shape index (κ2) is 4.45. The first-order chi connectivity index (χ1) is 7.68. The Hall–Kier alpha value is -1.68. The molecular weight excluding hydrogens is 202 g/mol. The lowest BCUT2D eigenvalue weighted by molar-refractivity contribution is 0.361. The van der Waals surface area contributed by atoms with E-state index >= 15 is 0 Å². The molecule has 0 radical (unpaired) electrons. The Morgan fingerprint density at radius 2 is 1.88 bits per heavy atom. The highest BCUT2D eigenvalue weighted by molar-refractivity contribution is 5.23. The topological polar surface area (TPSA) is 64.9 Å². The highest BCUT2D eigenvalue weighted by Gasteiger charge is 2.17. The highest BCUT2D eigenvalue weighted by atomic mass is 16.5. The van der Waals surface area contributed by atoms with Gasteiger partial charge in [-0.1, -0.05) is 49.3 Å². The molecule has 2 N–H and O–H groups in total. The molecule has 4 heteroatoms. The maximum Gasteiger partial charge on any atom is 0.248 e. The molecule has 1 unspecified atom stereocenters. The molecule has 1 atom stereocenters. The summed E-state index contributed by atoms with van der Waals surface area (Å²) >= 11 is 0. The molecule has 16 heavy (non-hydrogen) atoms. The van der Waals surface area contributed by atoms with Gasteiger partial charge in [-0.05, 0) is 5.56 Å². The van der Waals surface area contributed by atoms with Crippen LogP contribution in [-0.4, -0.2) is 10.1 Å². The predicted octanol–water partition coefficient (Wildman–Crippen LogP) is 2.24. The van der Waals surface area contributed by atoms with Crippen molar-refractivity contribution in [3.8, 4) is 0 Å². The number of hydrogen-bond acceptors (Lipinski definition) is 4. The second-order valence-electron chi connectivity index (χ2n) is 4.03. The molecule has 2 rings (SSSR count). The molecule has 84 valence electrons. The first-order valence-corrected chi connectivity index (χ1v) is 5.32. The SMILES string of the molecule is CC(C)c1noc(C(N)c2ccccc2)n1. The Morgan fingerprint density at radius 1 is 1.19 bits per heavy atom. The number of nitrogens with zero attached hydrogens (tertiary/aromatic N) is 2. The van der Waals surface area contributed by atoms with Gasteiger partial charge in [0, 0.05) is 5.92 Å². The molecule has 0 aliphatic heterocycles. The first kappa shape index (κ1) is 10.8. The van der Waals surface area contributed by atoms with E-state index in [4.69, 9.17) is 10.3 Å². The summed E-state index contributed by atoms with van der Waals surface area (Å²) in [7, 11) is 0. The van der Waals surface area contributed by atoms with Gasteiger partial charge < -0.3 is 10.3 Å². The minimum atomic E-state index is -0.346. The van der Waals surface area contributed by atoms with Gasteiger partial charge >= 0.3 is 0 Å². The Kier molecular flexibility index (Phi) is 3.01. The molecule has 0 bridgehead atoms. The molecule has 0 aliphatic rings. The van der Waals surface area contributed by atoms with Crippen LogP contribution in [0.4, 0.5) is 0 Å². The zero-order valence-corrected chi connectivity index (χ0v) is 9.42. The Balaban J connectivity index is 2.24. The molecule has 0 saturated heterocycles. The number of nitrogens with two attached hydrogens (primary N) is 1. The maximum atomic E-state index is 6.03. The lowest BCUT2D eigenvalue weighted by Gasteiger charge is -2.05. The molecular formula is C12H15N3O. The van der Waals surface area contributed by atoms with Crippen LogP contribution in [0.5, 0.6) is 0 Å². The van der Waals surface area contributed by atoms with Gasteiger partial charge in [0.05, 0.1) is 0 Å². The summed E-state index contributed by atoms with van der Waals surface area (Å²) in [6.45, 7) is 4.03. The van der Waals surface area contributed by atoms with E-state index in [-0.39, 0.29) is 12.0 Å². The summed E-state index contributed by atoms with van der Waals surface area (Å²) in [4.78, 5) is 4.28.